The number of Topliss-reactive ketones (excluding diaryl/α,β-unsaturated/α-hetero) is 2. The number of aromatic carboxylic acids is 2. The molecule has 0 bridgehead atoms. The van der Waals surface area contributed by atoms with E-state index in [0.717, 1.165) is 70.2 Å². The molecule has 2 atom stereocenters. The van der Waals surface area contributed by atoms with Crippen molar-refractivity contribution in [1.29, 1.82) is 0 Å². The minimum atomic E-state index is -0.950. The van der Waals surface area contributed by atoms with E-state index in [1.54, 1.807) is 48.5 Å². The average Bonchev–Trinajstić information content (AvgIpc) is 4.20. The van der Waals surface area contributed by atoms with Gasteiger partial charge in [-0.1, -0.05) is 147 Å². The highest BCUT2D eigenvalue weighted by atomic mass is 35.5. The molecule has 0 spiro atoms. The van der Waals surface area contributed by atoms with Gasteiger partial charge in [0.15, 0.2) is 11.6 Å². The Morgan fingerprint density at radius 2 is 0.871 bits per heavy atom. The van der Waals surface area contributed by atoms with Gasteiger partial charge in [-0.25, -0.2) is 9.59 Å². The molecular weight excluding hydrogens is 966 g/mol. The first kappa shape index (κ1) is 49.3. The fourth-order valence-corrected chi connectivity index (χ4v) is 12.2. The molecule has 0 amide bonds. The highest BCUT2D eigenvalue weighted by molar-refractivity contribution is 6.46. The molecule has 4 aliphatic carbocycles. The lowest BCUT2D eigenvalue weighted by molar-refractivity contribution is 0.0686. The number of carboxylic acids is 2. The molecule has 6 aromatic rings. The van der Waals surface area contributed by atoms with Crippen LogP contribution in [0.15, 0.2) is 109 Å². The Bertz CT molecular complexity index is 2820. The van der Waals surface area contributed by atoms with Gasteiger partial charge in [0.1, 0.15) is 34.8 Å². The molecule has 8 nitrogen and oxygen atoms in total. The van der Waals surface area contributed by atoms with Crippen molar-refractivity contribution in [3.63, 3.8) is 0 Å². The lowest BCUT2D eigenvalue weighted by atomic mass is 9.73. The predicted octanol–water partition coefficient (Wildman–Crippen LogP) is 15.7. The number of carbonyl (C=O) groups excluding carboxylic acids is 2. The van der Waals surface area contributed by atoms with Gasteiger partial charge in [0.25, 0.3) is 0 Å². The van der Waals surface area contributed by atoms with Crippen LogP contribution in [0.3, 0.4) is 0 Å². The fraction of sp³-hybridized carbons (Fsp3) is 0.310. The smallest absolute Gasteiger partial charge is 0.335 e. The Hall–Kier alpha value is -5.64. The van der Waals surface area contributed by atoms with Crippen LogP contribution in [0.25, 0.3) is 22.3 Å². The zero-order valence-electron chi connectivity index (χ0n) is 38.9. The van der Waals surface area contributed by atoms with Crippen LogP contribution in [-0.2, 0) is 26.1 Å². The Morgan fingerprint density at radius 1 is 0.514 bits per heavy atom. The molecule has 4 aliphatic rings. The van der Waals surface area contributed by atoms with E-state index in [2.05, 4.69) is 13.8 Å². The first-order chi connectivity index (χ1) is 33.5. The van der Waals surface area contributed by atoms with E-state index in [-0.39, 0.29) is 56.0 Å². The summed E-state index contributed by atoms with van der Waals surface area (Å²) >= 11 is 26.4. The Kier molecular flexibility index (Phi) is 14.3. The molecule has 0 radical (unpaired) electrons. The highest BCUT2D eigenvalue weighted by Gasteiger charge is 2.50. The topological polar surface area (TPSA) is 127 Å². The maximum atomic E-state index is 13.4. The van der Waals surface area contributed by atoms with Crippen molar-refractivity contribution in [3.05, 3.63) is 174 Å². The Balaban J connectivity index is 0.000000174. The number of ketones is 2. The zero-order chi connectivity index (χ0) is 49.5. The summed E-state index contributed by atoms with van der Waals surface area (Å²) in [5.74, 6) is 0.0506. The van der Waals surface area contributed by atoms with Gasteiger partial charge in [-0.2, -0.15) is 0 Å². The number of benzene rings is 6. The van der Waals surface area contributed by atoms with Crippen molar-refractivity contribution in [1.82, 2.24) is 0 Å². The van der Waals surface area contributed by atoms with E-state index < -0.39 is 22.8 Å². The van der Waals surface area contributed by atoms with Gasteiger partial charge in [0.2, 0.25) is 0 Å². The third-order valence-electron chi connectivity index (χ3n) is 15.2. The van der Waals surface area contributed by atoms with E-state index >= 15 is 0 Å². The third-order valence-corrected chi connectivity index (χ3v) is 16.9. The van der Waals surface area contributed by atoms with Crippen LogP contribution in [0.2, 0.25) is 20.1 Å². The molecule has 0 heterocycles. The van der Waals surface area contributed by atoms with Crippen LogP contribution in [-0.4, -0.2) is 33.7 Å². The van der Waals surface area contributed by atoms with Crippen LogP contribution in [0.5, 0.6) is 11.5 Å². The summed E-state index contributed by atoms with van der Waals surface area (Å²) in [7, 11) is 0. The third kappa shape index (κ3) is 9.60. The molecule has 0 aromatic heterocycles. The van der Waals surface area contributed by atoms with Gasteiger partial charge < -0.3 is 19.7 Å². The zero-order valence-corrected chi connectivity index (χ0v) is 41.9. The number of halogens is 4. The number of carbonyl (C=O) groups is 4. The quantitative estimate of drug-likeness (QED) is 0.124. The van der Waals surface area contributed by atoms with Crippen LogP contribution in [0, 0.1) is 22.7 Å². The molecule has 12 heteroatoms. The number of ether oxygens (including phenoxy) is 2. The molecule has 2 N–H and O–H groups in total. The van der Waals surface area contributed by atoms with Gasteiger partial charge in [0.05, 0.1) is 21.2 Å². The van der Waals surface area contributed by atoms with Crippen molar-refractivity contribution in [2.45, 2.75) is 91.3 Å². The SMILES string of the molecule is CC1(C2CCCC2)Cc2cc(OCc3cccc(-c4ccc(C(=O)O)cc4)c3)c(Cl)c(Cl)c2C1=O.CC1(C2CCCC2)Cc2cc(OCc3cccc(-c4ccc(C(=O)O)cc4)c3)c(Cl)c(Cl)c2C1=O. The Labute approximate surface area is 427 Å². The minimum Gasteiger partial charge on any atom is -0.487 e. The lowest BCUT2D eigenvalue weighted by Crippen LogP contribution is -2.32. The standard InChI is InChI=1S/2C29H26Cl2O4/c2*1-29(22-7-2-3-8-22)15-21-14-23(25(30)26(31)24(21)27(29)32)35-16-17-5-4-6-20(13-17)18-9-11-19(12-10-18)28(33)34/h2*4-6,9-14,22H,2-3,7-8,15-16H2,1H3,(H,33,34). The molecule has 2 unspecified atom stereocenters. The van der Waals surface area contributed by atoms with E-state index in [9.17, 15) is 19.2 Å². The van der Waals surface area contributed by atoms with Crippen molar-refractivity contribution in [2.24, 2.45) is 22.7 Å². The summed E-state index contributed by atoms with van der Waals surface area (Å²) < 4.78 is 12.2. The second-order valence-corrected chi connectivity index (χ2v) is 21.1. The largest absolute Gasteiger partial charge is 0.487 e. The van der Waals surface area contributed by atoms with Crippen molar-refractivity contribution in [3.8, 4) is 33.8 Å². The van der Waals surface area contributed by atoms with Crippen LogP contribution >= 0.6 is 46.4 Å². The molecule has 70 heavy (non-hydrogen) atoms. The lowest BCUT2D eigenvalue weighted by Gasteiger charge is -2.29. The summed E-state index contributed by atoms with van der Waals surface area (Å²) in [5, 5.41) is 19.3. The highest BCUT2D eigenvalue weighted by Crippen LogP contribution is 2.54. The molecular formula is C58H52Cl4O8. The van der Waals surface area contributed by atoms with E-state index in [1.807, 2.05) is 60.7 Å². The average molecular weight is 1020 g/mol. The second-order valence-electron chi connectivity index (χ2n) is 19.6. The summed E-state index contributed by atoms with van der Waals surface area (Å²) in [6, 6.07) is 33.0. The monoisotopic (exact) mass is 1020 g/mol. The maximum Gasteiger partial charge on any atom is 0.335 e. The predicted molar refractivity (Wildman–Crippen MR) is 275 cm³/mol. The number of rotatable bonds is 12. The molecule has 2 saturated carbocycles. The normalized spacial score (nSPS) is 19.7. The van der Waals surface area contributed by atoms with Gasteiger partial charge in [-0.15, -0.1) is 0 Å². The molecule has 360 valence electrons. The number of fused-ring (bicyclic) bond motifs is 2. The van der Waals surface area contributed by atoms with E-state index in [1.165, 1.54) is 25.7 Å². The Morgan fingerprint density at radius 3 is 1.21 bits per heavy atom. The summed E-state index contributed by atoms with van der Waals surface area (Å²) in [6.07, 6.45) is 10.4. The van der Waals surface area contributed by atoms with Gasteiger partial charge >= 0.3 is 11.9 Å². The van der Waals surface area contributed by atoms with Crippen LogP contribution in [0.4, 0.5) is 0 Å². The molecule has 0 saturated heterocycles. The second kappa shape index (κ2) is 20.2. The molecule has 2 fully saturated rings. The van der Waals surface area contributed by atoms with E-state index in [0.29, 0.717) is 47.3 Å². The summed E-state index contributed by atoms with van der Waals surface area (Å²) in [5.41, 5.74) is 8.23. The summed E-state index contributed by atoms with van der Waals surface area (Å²) in [6.45, 7) is 4.71. The first-order valence-electron chi connectivity index (χ1n) is 23.8. The van der Waals surface area contributed by atoms with Gasteiger partial charge in [-0.05, 0) is 143 Å². The van der Waals surface area contributed by atoms with Gasteiger partial charge in [0, 0.05) is 22.0 Å². The maximum absolute atomic E-state index is 13.4. The molecule has 6 aromatic carbocycles. The minimum absolute atomic E-state index is 0.111. The summed E-state index contributed by atoms with van der Waals surface area (Å²) in [4.78, 5) is 49.0. The molecule has 0 aliphatic heterocycles. The molecule has 10 rings (SSSR count). The number of hydrogen-bond acceptors (Lipinski definition) is 6. The fourth-order valence-electron chi connectivity index (χ4n) is 11.2. The van der Waals surface area contributed by atoms with E-state index in [4.69, 9.17) is 66.1 Å². The number of hydrogen-bond donors (Lipinski definition) is 2. The van der Waals surface area contributed by atoms with Crippen molar-refractivity contribution in [2.75, 3.05) is 0 Å². The van der Waals surface area contributed by atoms with Gasteiger partial charge in [-0.3, -0.25) is 9.59 Å². The number of carboxylic acid groups (broad SMARTS) is 2. The van der Waals surface area contributed by atoms with Crippen molar-refractivity contribution >= 4 is 69.9 Å². The van der Waals surface area contributed by atoms with Crippen molar-refractivity contribution < 1.29 is 38.9 Å². The first-order valence-corrected chi connectivity index (χ1v) is 25.3. The van der Waals surface area contributed by atoms with Crippen LogP contribution in [0.1, 0.15) is 129 Å². The van der Waals surface area contributed by atoms with Crippen LogP contribution < -0.4 is 9.47 Å².